The lowest BCUT2D eigenvalue weighted by Gasteiger charge is -2.16. The molecule has 0 bridgehead atoms. The molecule has 1 unspecified atom stereocenters. The molecule has 1 aliphatic heterocycles. The molecular formula is C6H10O5. The minimum atomic E-state index is -1.88. The molecule has 5 nitrogen and oxygen atoms in total. The van der Waals surface area contributed by atoms with Gasteiger partial charge in [0.25, 0.3) is 0 Å². The summed E-state index contributed by atoms with van der Waals surface area (Å²) in [4.78, 5) is 10.7. The molecule has 1 rings (SSSR count). The number of aliphatic hydroxyl groups is 3. The van der Waals surface area contributed by atoms with Gasteiger partial charge in [0, 0.05) is 0 Å². The Hall–Kier alpha value is -0.650. The average Bonchev–Trinajstić information content (AvgIpc) is 2.14. The number of rotatable bonds is 1. The zero-order valence-corrected chi connectivity index (χ0v) is 6.02. The van der Waals surface area contributed by atoms with Gasteiger partial charge in [-0.15, -0.1) is 0 Å². The number of cyclic esters (lactones) is 1. The van der Waals surface area contributed by atoms with Crippen molar-refractivity contribution in [2.24, 2.45) is 0 Å². The van der Waals surface area contributed by atoms with Crippen molar-refractivity contribution in [3.05, 3.63) is 0 Å². The van der Waals surface area contributed by atoms with E-state index in [0.29, 0.717) is 0 Å². The fourth-order valence-corrected chi connectivity index (χ4v) is 0.941. The number of aliphatic hydroxyl groups excluding tert-OH is 2. The van der Waals surface area contributed by atoms with Crippen LogP contribution in [-0.4, -0.2) is 45.7 Å². The SMILES string of the molecule is CC1(O)C(=O)O[C@H](CO)[C@H]1O. The molecule has 0 aliphatic carbocycles. The highest BCUT2D eigenvalue weighted by molar-refractivity contribution is 5.82. The predicted octanol–water partition coefficient (Wildman–Crippen LogP) is -1.98. The Labute approximate surface area is 63.2 Å². The molecule has 3 N–H and O–H groups in total. The molecular weight excluding hydrogens is 152 g/mol. The minimum Gasteiger partial charge on any atom is -0.455 e. The van der Waals surface area contributed by atoms with E-state index in [-0.39, 0.29) is 0 Å². The fraction of sp³-hybridized carbons (Fsp3) is 0.833. The third-order valence-electron chi connectivity index (χ3n) is 1.78. The lowest BCUT2D eigenvalue weighted by Crippen LogP contribution is -2.43. The summed E-state index contributed by atoms with van der Waals surface area (Å²) in [5, 5.41) is 26.9. The molecule has 5 heteroatoms. The molecule has 1 saturated heterocycles. The highest BCUT2D eigenvalue weighted by Crippen LogP contribution is 2.25. The fourth-order valence-electron chi connectivity index (χ4n) is 0.941. The average molecular weight is 162 g/mol. The highest BCUT2D eigenvalue weighted by atomic mass is 16.6. The van der Waals surface area contributed by atoms with Crippen LogP contribution in [0.15, 0.2) is 0 Å². The van der Waals surface area contributed by atoms with Gasteiger partial charge in [0.1, 0.15) is 6.10 Å². The van der Waals surface area contributed by atoms with Crippen LogP contribution in [0.25, 0.3) is 0 Å². The second kappa shape index (κ2) is 2.44. The number of carbonyl (C=O) groups is 1. The highest BCUT2D eigenvalue weighted by Gasteiger charge is 2.52. The van der Waals surface area contributed by atoms with Gasteiger partial charge in [-0.2, -0.15) is 0 Å². The van der Waals surface area contributed by atoms with Crippen LogP contribution >= 0.6 is 0 Å². The third kappa shape index (κ3) is 1.11. The number of hydrogen-bond acceptors (Lipinski definition) is 5. The van der Waals surface area contributed by atoms with Crippen LogP contribution in [0.1, 0.15) is 6.92 Å². The van der Waals surface area contributed by atoms with Crippen LogP contribution in [0.2, 0.25) is 0 Å². The number of ether oxygens (including phenoxy) is 1. The van der Waals surface area contributed by atoms with Gasteiger partial charge in [-0.05, 0) is 6.92 Å². The first-order chi connectivity index (χ1) is 5.00. The van der Waals surface area contributed by atoms with E-state index >= 15 is 0 Å². The Morgan fingerprint density at radius 3 is 2.45 bits per heavy atom. The molecule has 0 saturated carbocycles. The first-order valence-corrected chi connectivity index (χ1v) is 3.22. The summed E-state index contributed by atoms with van der Waals surface area (Å²) in [6.45, 7) is 0.665. The van der Waals surface area contributed by atoms with Crippen LogP contribution in [0.4, 0.5) is 0 Å². The molecule has 0 amide bonds. The van der Waals surface area contributed by atoms with Crippen molar-refractivity contribution in [1.82, 2.24) is 0 Å². The second-order valence-electron chi connectivity index (χ2n) is 2.72. The van der Waals surface area contributed by atoms with Gasteiger partial charge in [-0.1, -0.05) is 0 Å². The maximum absolute atomic E-state index is 10.7. The molecule has 11 heavy (non-hydrogen) atoms. The minimum absolute atomic E-state index is 0.483. The topological polar surface area (TPSA) is 87.0 Å². The second-order valence-corrected chi connectivity index (χ2v) is 2.72. The Morgan fingerprint density at radius 2 is 2.27 bits per heavy atom. The van der Waals surface area contributed by atoms with E-state index in [2.05, 4.69) is 4.74 Å². The Bertz CT molecular complexity index is 176. The van der Waals surface area contributed by atoms with Gasteiger partial charge in [-0.3, -0.25) is 0 Å². The number of hydrogen-bond donors (Lipinski definition) is 3. The van der Waals surface area contributed by atoms with Crippen LogP contribution in [0.5, 0.6) is 0 Å². The van der Waals surface area contributed by atoms with Crippen molar-refractivity contribution in [2.75, 3.05) is 6.61 Å². The van der Waals surface area contributed by atoms with Crippen molar-refractivity contribution >= 4 is 5.97 Å². The summed E-state index contributed by atoms with van der Waals surface area (Å²) >= 11 is 0. The van der Waals surface area contributed by atoms with Crippen LogP contribution in [0, 0.1) is 0 Å². The Morgan fingerprint density at radius 1 is 1.73 bits per heavy atom. The van der Waals surface area contributed by atoms with E-state index < -0.39 is 30.4 Å². The van der Waals surface area contributed by atoms with E-state index in [1.807, 2.05) is 0 Å². The van der Waals surface area contributed by atoms with E-state index in [1.165, 1.54) is 0 Å². The van der Waals surface area contributed by atoms with E-state index in [9.17, 15) is 9.90 Å². The van der Waals surface area contributed by atoms with Crippen LogP contribution in [-0.2, 0) is 9.53 Å². The quantitative estimate of drug-likeness (QED) is 0.389. The largest absolute Gasteiger partial charge is 0.455 e. The van der Waals surface area contributed by atoms with Crippen LogP contribution < -0.4 is 0 Å². The van der Waals surface area contributed by atoms with E-state index in [0.717, 1.165) is 6.92 Å². The smallest absolute Gasteiger partial charge is 0.341 e. The zero-order valence-electron chi connectivity index (χ0n) is 6.02. The molecule has 0 spiro atoms. The lowest BCUT2D eigenvalue weighted by atomic mass is 9.99. The maximum atomic E-state index is 10.7. The first kappa shape index (κ1) is 8.45. The number of carbonyl (C=O) groups excluding carboxylic acids is 1. The van der Waals surface area contributed by atoms with Crippen molar-refractivity contribution in [1.29, 1.82) is 0 Å². The molecule has 1 fully saturated rings. The summed E-state index contributed by atoms with van der Waals surface area (Å²) in [5.74, 6) is -0.899. The molecule has 0 aromatic rings. The Kier molecular flexibility index (Phi) is 1.87. The third-order valence-corrected chi connectivity index (χ3v) is 1.78. The first-order valence-electron chi connectivity index (χ1n) is 3.22. The van der Waals surface area contributed by atoms with Gasteiger partial charge >= 0.3 is 5.97 Å². The summed E-state index contributed by atoms with van der Waals surface area (Å²) in [7, 11) is 0. The summed E-state index contributed by atoms with van der Waals surface area (Å²) in [6.07, 6.45) is -2.35. The number of esters is 1. The molecule has 3 atom stereocenters. The van der Waals surface area contributed by atoms with Gasteiger partial charge < -0.3 is 20.1 Å². The summed E-state index contributed by atoms with van der Waals surface area (Å²) < 4.78 is 4.45. The van der Waals surface area contributed by atoms with Gasteiger partial charge in [-0.25, -0.2) is 4.79 Å². The van der Waals surface area contributed by atoms with Crippen molar-refractivity contribution in [2.45, 2.75) is 24.7 Å². The molecule has 0 aromatic carbocycles. The monoisotopic (exact) mass is 162 g/mol. The van der Waals surface area contributed by atoms with Crippen molar-refractivity contribution < 1.29 is 24.9 Å². The van der Waals surface area contributed by atoms with Gasteiger partial charge in [0.2, 0.25) is 0 Å². The molecule has 1 aliphatic rings. The van der Waals surface area contributed by atoms with E-state index in [1.54, 1.807) is 0 Å². The molecule has 0 radical (unpaired) electrons. The normalized spacial score (nSPS) is 44.2. The maximum Gasteiger partial charge on any atom is 0.341 e. The van der Waals surface area contributed by atoms with E-state index in [4.69, 9.17) is 10.2 Å². The Balaban J connectivity index is 2.80. The van der Waals surface area contributed by atoms with Crippen molar-refractivity contribution in [3.8, 4) is 0 Å². The molecule has 64 valence electrons. The van der Waals surface area contributed by atoms with Crippen LogP contribution in [0.3, 0.4) is 0 Å². The lowest BCUT2D eigenvalue weighted by molar-refractivity contribution is -0.155. The van der Waals surface area contributed by atoms with Crippen molar-refractivity contribution in [3.63, 3.8) is 0 Å². The van der Waals surface area contributed by atoms with Gasteiger partial charge in [0.05, 0.1) is 6.61 Å². The predicted molar refractivity (Wildman–Crippen MR) is 33.6 cm³/mol. The molecule has 0 aromatic heterocycles. The standard InChI is InChI=1S/C6H10O5/c1-6(10)4(8)3(2-7)11-5(6)9/h3-4,7-8,10H,2H2,1H3/t3-,4-,6?/m1/s1. The van der Waals surface area contributed by atoms with Gasteiger partial charge in [0.15, 0.2) is 11.7 Å². The molecule has 1 heterocycles. The zero-order chi connectivity index (χ0) is 8.65. The summed E-state index contributed by atoms with van der Waals surface area (Å²) in [6, 6.07) is 0. The summed E-state index contributed by atoms with van der Waals surface area (Å²) in [5.41, 5.74) is -1.88.